The van der Waals surface area contributed by atoms with Gasteiger partial charge in [-0.1, -0.05) is 41.4 Å². The smallest absolute Gasteiger partial charge is 0.257 e. The lowest BCUT2D eigenvalue weighted by Gasteiger charge is -2.10. The van der Waals surface area contributed by atoms with Crippen molar-refractivity contribution in [3.8, 4) is 0 Å². The predicted octanol–water partition coefficient (Wildman–Crippen LogP) is 5.46. The number of aryl methyl sites for hydroxylation is 2. The Kier molecular flexibility index (Phi) is 5.57. The van der Waals surface area contributed by atoms with Gasteiger partial charge in [0, 0.05) is 16.9 Å². The highest BCUT2D eigenvalue weighted by molar-refractivity contribution is 6.34. The molecular weight excluding hydrogens is 360 g/mol. The number of rotatable bonds is 4. The van der Waals surface area contributed by atoms with Crippen molar-refractivity contribution in [2.75, 3.05) is 10.6 Å². The maximum absolute atomic E-state index is 12.4. The molecule has 27 heavy (non-hydrogen) atoms. The van der Waals surface area contributed by atoms with Gasteiger partial charge in [0.2, 0.25) is 0 Å². The molecule has 0 saturated carbocycles. The van der Waals surface area contributed by atoms with Gasteiger partial charge in [0.25, 0.3) is 11.8 Å². The van der Waals surface area contributed by atoms with Crippen LogP contribution < -0.4 is 10.6 Å². The molecule has 0 spiro atoms. The molecule has 0 radical (unpaired) electrons. The minimum absolute atomic E-state index is 0.203. The molecule has 0 heterocycles. The van der Waals surface area contributed by atoms with Crippen molar-refractivity contribution in [2.24, 2.45) is 0 Å². The molecule has 0 fully saturated rings. The number of benzene rings is 3. The van der Waals surface area contributed by atoms with Crippen LogP contribution >= 0.6 is 11.6 Å². The molecule has 0 saturated heterocycles. The molecule has 0 unspecified atom stereocenters. The van der Waals surface area contributed by atoms with E-state index in [2.05, 4.69) is 10.6 Å². The molecular formula is C22H19ClN2O2. The van der Waals surface area contributed by atoms with Gasteiger partial charge < -0.3 is 10.6 Å². The molecule has 3 rings (SSSR count). The molecule has 2 N–H and O–H groups in total. The third kappa shape index (κ3) is 4.54. The number of nitrogens with one attached hydrogen (secondary N) is 2. The van der Waals surface area contributed by atoms with E-state index in [1.807, 2.05) is 32.0 Å². The minimum Gasteiger partial charge on any atom is -0.322 e. The van der Waals surface area contributed by atoms with E-state index in [1.54, 1.807) is 48.5 Å². The lowest BCUT2D eigenvalue weighted by Crippen LogP contribution is -2.14. The number of anilines is 2. The van der Waals surface area contributed by atoms with Crippen molar-refractivity contribution in [1.29, 1.82) is 0 Å². The Morgan fingerprint density at radius 1 is 0.815 bits per heavy atom. The van der Waals surface area contributed by atoms with Crippen molar-refractivity contribution in [1.82, 2.24) is 0 Å². The van der Waals surface area contributed by atoms with Gasteiger partial charge >= 0.3 is 0 Å². The van der Waals surface area contributed by atoms with Crippen LogP contribution in [0.3, 0.4) is 0 Å². The summed E-state index contributed by atoms with van der Waals surface area (Å²) in [6.07, 6.45) is 0. The quantitative estimate of drug-likeness (QED) is 0.633. The second-order valence-electron chi connectivity index (χ2n) is 6.28. The summed E-state index contributed by atoms with van der Waals surface area (Å²) in [4.78, 5) is 24.7. The number of amides is 2. The van der Waals surface area contributed by atoms with Crippen LogP contribution in [0.25, 0.3) is 0 Å². The van der Waals surface area contributed by atoms with Gasteiger partial charge in [0.1, 0.15) is 0 Å². The predicted molar refractivity (Wildman–Crippen MR) is 110 cm³/mol. The largest absolute Gasteiger partial charge is 0.322 e. The molecule has 3 aromatic carbocycles. The van der Waals surface area contributed by atoms with Gasteiger partial charge in [0.15, 0.2) is 0 Å². The van der Waals surface area contributed by atoms with E-state index < -0.39 is 0 Å². The molecule has 0 atom stereocenters. The first kappa shape index (κ1) is 18.7. The first-order valence-electron chi connectivity index (χ1n) is 8.48. The van der Waals surface area contributed by atoms with Crippen LogP contribution in [0, 0.1) is 13.8 Å². The summed E-state index contributed by atoms with van der Waals surface area (Å²) >= 11 is 6.04. The third-order valence-corrected chi connectivity index (χ3v) is 4.48. The molecule has 5 heteroatoms. The SMILES string of the molecule is Cc1ccc(NC(=O)c2ccc(NC(=O)c3ccccc3Cl)cc2)c(C)c1. The van der Waals surface area contributed by atoms with Crippen molar-refractivity contribution >= 4 is 34.8 Å². The molecule has 0 aliphatic carbocycles. The summed E-state index contributed by atoms with van der Waals surface area (Å²) in [5.41, 5.74) is 4.42. The summed E-state index contributed by atoms with van der Waals surface area (Å²) in [5.74, 6) is -0.501. The second-order valence-corrected chi connectivity index (χ2v) is 6.69. The highest BCUT2D eigenvalue weighted by atomic mass is 35.5. The summed E-state index contributed by atoms with van der Waals surface area (Å²) in [7, 11) is 0. The van der Waals surface area contributed by atoms with Crippen LogP contribution in [0.4, 0.5) is 11.4 Å². The molecule has 0 aliphatic rings. The molecule has 136 valence electrons. The fourth-order valence-corrected chi connectivity index (χ4v) is 2.92. The average Bonchev–Trinajstić information content (AvgIpc) is 2.65. The molecule has 3 aromatic rings. The summed E-state index contributed by atoms with van der Waals surface area (Å²) < 4.78 is 0. The zero-order valence-electron chi connectivity index (χ0n) is 15.0. The Balaban J connectivity index is 1.68. The van der Waals surface area contributed by atoms with Gasteiger partial charge in [-0.25, -0.2) is 0 Å². The summed E-state index contributed by atoms with van der Waals surface area (Å²) in [6, 6.07) is 19.4. The van der Waals surface area contributed by atoms with Crippen LogP contribution in [-0.4, -0.2) is 11.8 Å². The first-order valence-corrected chi connectivity index (χ1v) is 8.86. The standard InChI is InChI=1S/C22H19ClN2O2/c1-14-7-12-20(15(2)13-14)25-21(26)16-8-10-17(11-9-16)24-22(27)18-5-3-4-6-19(18)23/h3-13H,1-2H3,(H,24,27)(H,25,26). The zero-order valence-corrected chi connectivity index (χ0v) is 15.8. The molecule has 4 nitrogen and oxygen atoms in total. The van der Waals surface area contributed by atoms with Gasteiger partial charge in [-0.2, -0.15) is 0 Å². The maximum Gasteiger partial charge on any atom is 0.257 e. The van der Waals surface area contributed by atoms with Gasteiger partial charge in [-0.05, 0) is 61.9 Å². The molecule has 2 amide bonds. The third-order valence-electron chi connectivity index (χ3n) is 4.15. The van der Waals surface area contributed by atoms with Gasteiger partial charge in [-0.3, -0.25) is 9.59 Å². The van der Waals surface area contributed by atoms with Crippen LogP contribution in [0.2, 0.25) is 5.02 Å². The number of carbonyl (C=O) groups excluding carboxylic acids is 2. The zero-order chi connectivity index (χ0) is 19.4. The van der Waals surface area contributed by atoms with Crippen molar-refractivity contribution in [2.45, 2.75) is 13.8 Å². The number of hydrogen-bond donors (Lipinski definition) is 2. The van der Waals surface area contributed by atoms with E-state index in [4.69, 9.17) is 11.6 Å². The lowest BCUT2D eigenvalue weighted by atomic mass is 10.1. The van der Waals surface area contributed by atoms with E-state index in [0.717, 1.165) is 16.8 Å². The van der Waals surface area contributed by atoms with Crippen LogP contribution in [0.15, 0.2) is 66.7 Å². The van der Waals surface area contributed by atoms with Crippen molar-refractivity contribution in [3.63, 3.8) is 0 Å². The Morgan fingerprint density at radius 3 is 2.19 bits per heavy atom. The average molecular weight is 379 g/mol. The van der Waals surface area contributed by atoms with Crippen molar-refractivity contribution in [3.05, 3.63) is 94.0 Å². The number of halogens is 1. The Bertz CT molecular complexity index is 997. The van der Waals surface area contributed by atoms with Crippen LogP contribution in [0.1, 0.15) is 31.8 Å². The maximum atomic E-state index is 12.4. The van der Waals surface area contributed by atoms with Crippen LogP contribution in [0.5, 0.6) is 0 Å². The lowest BCUT2D eigenvalue weighted by molar-refractivity contribution is 0.102. The highest BCUT2D eigenvalue weighted by Gasteiger charge is 2.11. The van der Waals surface area contributed by atoms with E-state index >= 15 is 0 Å². The van der Waals surface area contributed by atoms with Crippen LogP contribution in [-0.2, 0) is 0 Å². The highest BCUT2D eigenvalue weighted by Crippen LogP contribution is 2.19. The Labute approximate surface area is 163 Å². The number of carbonyl (C=O) groups is 2. The second kappa shape index (κ2) is 8.06. The van der Waals surface area contributed by atoms with E-state index in [1.165, 1.54) is 0 Å². The molecule has 0 bridgehead atoms. The monoisotopic (exact) mass is 378 g/mol. The Hall–Kier alpha value is -3.11. The normalized spacial score (nSPS) is 10.3. The summed E-state index contributed by atoms with van der Waals surface area (Å²) in [5, 5.41) is 6.07. The van der Waals surface area contributed by atoms with Crippen molar-refractivity contribution < 1.29 is 9.59 Å². The topological polar surface area (TPSA) is 58.2 Å². The fraction of sp³-hybridized carbons (Fsp3) is 0.0909. The summed E-state index contributed by atoms with van der Waals surface area (Å²) in [6.45, 7) is 3.96. The van der Waals surface area contributed by atoms with Gasteiger partial charge in [-0.15, -0.1) is 0 Å². The minimum atomic E-state index is -0.298. The van der Waals surface area contributed by atoms with E-state index in [-0.39, 0.29) is 11.8 Å². The first-order chi connectivity index (χ1) is 12.9. The molecule has 0 aliphatic heterocycles. The van der Waals surface area contributed by atoms with E-state index in [9.17, 15) is 9.59 Å². The number of hydrogen-bond acceptors (Lipinski definition) is 2. The fourth-order valence-electron chi connectivity index (χ4n) is 2.70. The Morgan fingerprint density at radius 2 is 1.52 bits per heavy atom. The van der Waals surface area contributed by atoms with E-state index in [0.29, 0.717) is 21.8 Å². The molecule has 0 aromatic heterocycles. The van der Waals surface area contributed by atoms with Gasteiger partial charge in [0.05, 0.1) is 10.6 Å².